The topological polar surface area (TPSA) is 120 Å². The fourth-order valence-corrected chi connectivity index (χ4v) is 7.40. The van der Waals surface area contributed by atoms with Gasteiger partial charge in [0.05, 0.1) is 47.8 Å². The predicted molar refractivity (Wildman–Crippen MR) is 171 cm³/mol. The van der Waals surface area contributed by atoms with E-state index in [9.17, 15) is 20.1 Å². The van der Waals surface area contributed by atoms with Crippen LogP contribution in [0, 0.1) is 28.5 Å². The fourth-order valence-electron chi connectivity index (χ4n) is 7.40. The average Bonchev–Trinajstić information content (AvgIpc) is 3.48. The zero-order chi connectivity index (χ0) is 32.5. The van der Waals surface area contributed by atoms with Crippen molar-refractivity contribution in [2.45, 2.75) is 57.2 Å². The number of carbonyl (C=O) groups excluding carboxylic acids is 2. The number of fused-ring (bicyclic) bond motifs is 2. The first kappa shape index (κ1) is 31.3. The number of benzene rings is 1. The Bertz CT molecular complexity index is 1650. The summed E-state index contributed by atoms with van der Waals surface area (Å²) in [6, 6.07) is 7.63. The van der Waals surface area contributed by atoms with Crippen molar-refractivity contribution in [3.63, 3.8) is 0 Å². The Kier molecular flexibility index (Phi) is 8.83. The van der Waals surface area contributed by atoms with Crippen molar-refractivity contribution >= 4 is 28.9 Å². The highest BCUT2D eigenvalue weighted by molar-refractivity contribution is 6.00. The third-order valence-corrected chi connectivity index (χ3v) is 9.89. The lowest BCUT2D eigenvalue weighted by atomic mass is 9.95. The molecule has 1 aromatic heterocycles. The summed E-state index contributed by atoms with van der Waals surface area (Å²) in [5.74, 6) is -0.443. The molecule has 12 heteroatoms. The van der Waals surface area contributed by atoms with Crippen molar-refractivity contribution < 1.29 is 18.7 Å². The van der Waals surface area contributed by atoms with E-state index in [4.69, 9.17) is 9.72 Å². The van der Waals surface area contributed by atoms with E-state index >= 15 is 4.39 Å². The average molecular weight is 627 g/mol. The standard InChI is InChI=1S/C34H39FN8O3/c1-4-29(44)43-17-16-42(19-23(43)11-13-36)32-25-12-15-41(33-27(35)9-7-22-8-10-30(45)40(3)31(22)33)20-28(25)38-34(26(32)18-37)46-21-24-6-5-14-39(24)2/h4,7,9,23-24H,1,5-6,8,10-12,14-17,19-21H2,2-3H3/t23-,24-/m0/s1. The van der Waals surface area contributed by atoms with Gasteiger partial charge in [-0.2, -0.15) is 10.5 Å². The Labute approximate surface area is 269 Å². The zero-order valence-electron chi connectivity index (χ0n) is 26.5. The van der Waals surface area contributed by atoms with Crippen molar-refractivity contribution in [2.24, 2.45) is 0 Å². The molecule has 46 heavy (non-hydrogen) atoms. The maximum atomic E-state index is 15.6. The van der Waals surface area contributed by atoms with Crippen molar-refractivity contribution in [3.8, 4) is 18.0 Å². The van der Waals surface area contributed by atoms with Gasteiger partial charge in [0.25, 0.3) is 0 Å². The van der Waals surface area contributed by atoms with Crippen LogP contribution in [0.5, 0.6) is 5.88 Å². The van der Waals surface area contributed by atoms with Crippen LogP contribution in [0.3, 0.4) is 0 Å². The molecule has 2 saturated heterocycles. The lowest BCUT2D eigenvalue weighted by Gasteiger charge is -2.43. The fraction of sp³-hybridized carbons (Fsp3) is 0.500. The van der Waals surface area contributed by atoms with Gasteiger partial charge in [-0.15, -0.1) is 0 Å². The normalized spacial score (nSPS) is 21.4. The molecule has 0 radical (unpaired) electrons. The quantitative estimate of drug-likeness (QED) is 0.427. The summed E-state index contributed by atoms with van der Waals surface area (Å²) < 4.78 is 22.0. The number of ether oxygens (including phenoxy) is 1. The van der Waals surface area contributed by atoms with E-state index in [1.807, 2.05) is 4.90 Å². The highest BCUT2D eigenvalue weighted by Gasteiger charge is 2.37. The molecule has 4 aliphatic heterocycles. The number of amides is 2. The summed E-state index contributed by atoms with van der Waals surface area (Å²) >= 11 is 0. The Morgan fingerprint density at radius 1 is 1.09 bits per heavy atom. The molecule has 0 saturated carbocycles. The minimum atomic E-state index is -0.402. The number of nitrogens with zero attached hydrogens (tertiary/aromatic N) is 8. The molecule has 0 N–H and O–H groups in total. The SMILES string of the molecule is C=CC(=O)N1CCN(c2c(C#N)c(OC[C@@H]3CCCN3C)nc3c2CCN(c2c(F)ccc4c2N(C)C(=O)CC4)C3)C[C@@H]1CC#N. The highest BCUT2D eigenvalue weighted by atomic mass is 19.1. The molecule has 2 amide bonds. The van der Waals surface area contributed by atoms with Crippen LogP contribution in [0.2, 0.25) is 0 Å². The molecule has 6 rings (SSSR count). The second-order valence-corrected chi connectivity index (χ2v) is 12.5. The summed E-state index contributed by atoms with van der Waals surface area (Å²) in [5.41, 5.74) is 4.51. The summed E-state index contributed by atoms with van der Waals surface area (Å²) in [7, 11) is 3.75. The number of hydrogen-bond acceptors (Lipinski definition) is 9. The van der Waals surface area contributed by atoms with Gasteiger partial charge < -0.3 is 29.2 Å². The van der Waals surface area contributed by atoms with E-state index in [-0.39, 0.29) is 42.7 Å². The van der Waals surface area contributed by atoms with Crippen molar-refractivity contribution in [3.05, 3.63) is 53.0 Å². The van der Waals surface area contributed by atoms with Crippen LogP contribution in [0.25, 0.3) is 0 Å². The lowest BCUT2D eigenvalue weighted by Crippen LogP contribution is -2.55. The maximum absolute atomic E-state index is 15.6. The number of nitriles is 2. The second kappa shape index (κ2) is 13.0. The van der Waals surface area contributed by atoms with E-state index in [0.29, 0.717) is 80.4 Å². The van der Waals surface area contributed by atoms with E-state index in [0.717, 1.165) is 30.5 Å². The van der Waals surface area contributed by atoms with E-state index in [1.165, 1.54) is 12.1 Å². The van der Waals surface area contributed by atoms with Crippen molar-refractivity contribution in [1.29, 1.82) is 10.5 Å². The van der Waals surface area contributed by atoms with Gasteiger partial charge in [0.2, 0.25) is 17.7 Å². The number of rotatable bonds is 7. The van der Waals surface area contributed by atoms with Crippen LogP contribution in [0.4, 0.5) is 21.5 Å². The first-order valence-electron chi connectivity index (χ1n) is 15.9. The number of piperazine rings is 1. The molecule has 0 unspecified atom stereocenters. The molecule has 240 valence electrons. The number of aromatic nitrogens is 1. The van der Waals surface area contributed by atoms with Crippen molar-refractivity contribution in [1.82, 2.24) is 14.8 Å². The first-order valence-corrected chi connectivity index (χ1v) is 15.9. The van der Waals surface area contributed by atoms with Gasteiger partial charge in [0.1, 0.15) is 24.1 Å². The van der Waals surface area contributed by atoms with E-state index in [2.05, 4.69) is 35.6 Å². The molecule has 0 spiro atoms. The monoisotopic (exact) mass is 626 g/mol. The molecular weight excluding hydrogens is 587 g/mol. The molecule has 11 nitrogen and oxygen atoms in total. The number of aryl methyl sites for hydroxylation is 1. The van der Waals surface area contributed by atoms with Crippen LogP contribution < -0.4 is 19.4 Å². The van der Waals surface area contributed by atoms with Crippen LogP contribution in [0.1, 0.15) is 48.1 Å². The van der Waals surface area contributed by atoms with Crippen molar-refractivity contribution in [2.75, 3.05) is 68.1 Å². The largest absolute Gasteiger partial charge is 0.475 e. The van der Waals surface area contributed by atoms with Gasteiger partial charge in [0, 0.05) is 51.3 Å². The predicted octanol–water partition coefficient (Wildman–Crippen LogP) is 3.15. The number of carbonyl (C=O) groups is 2. The molecule has 4 aliphatic rings. The van der Waals surface area contributed by atoms with Crippen LogP contribution >= 0.6 is 0 Å². The molecule has 0 aliphatic carbocycles. The van der Waals surface area contributed by atoms with Crippen LogP contribution in [-0.4, -0.2) is 92.1 Å². The van der Waals surface area contributed by atoms with Gasteiger partial charge in [-0.3, -0.25) is 9.59 Å². The molecular formula is C34H39FN8O3. The third kappa shape index (κ3) is 5.62. The highest BCUT2D eigenvalue weighted by Crippen LogP contribution is 2.43. The minimum Gasteiger partial charge on any atom is -0.475 e. The van der Waals surface area contributed by atoms with Gasteiger partial charge in [-0.05, 0) is 57.0 Å². The lowest BCUT2D eigenvalue weighted by molar-refractivity contribution is -0.128. The Morgan fingerprint density at radius 2 is 1.91 bits per heavy atom. The molecule has 5 heterocycles. The van der Waals surface area contributed by atoms with Crippen LogP contribution in [0.15, 0.2) is 24.8 Å². The van der Waals surface area contributed by atoms with Gasteiger partial charge in [0.15, 0.2) is 0 Å². The number of hydrogen-bond donors (Lipinski definition) is 0. The van der Waals surface area contributed by atoms with Gasteiger partial charge in [-0.1, -0.05) is 12.6 Å². The number of pyridine rings is 1. The first-order chi connectivity index (χ1) is 22.2. The number of anilines is 3. The Morgan fingerprint density at radius 3 is 2.63 bits per heavy atom. The third-order valence-electron chi connectivity index (χ3n) is 9.89. The summed E-state index contributed by atoms with van der Waals surface area (Å²) in [5, 5.41) is 20.1. The summed E-state index contributed by atoms with van der Waals surface area (Å²) in [6.07, 6.45) is 4.89. The number of likely N-dealkylation sites (N-methyl/N-ethyl adjacent to an activating group) is 1. The van der Waals surface area contributed by atoms with E-state index < -0.39 is 5.82 Å². The zero-order valence-corrected chi connectivity index (χ0v) is 26.5. The second-order valence-electron chi connectivity index (χ2n) is 12.5. The smallest absolute Gasteiger partial charge is 0.246 e. The minimum absolute atomic E-state index is 0.0515. The van der Waals surface area contributed by atoms with Gasteiger partial charge in [-0.25, -0.2) is 9.37 Å². The molecule has 2 atom stereocenters. The maximum Gasteiger partial charge on any atom is 0.246 e. The Balaban J connectivity index is 1.41. The number of likely N-dealkylation sites (tertiary alicyclic amines) is 1. The Hall–Kier alpha value is -4.68. The van der Waals surface area contributed by atoms with Gasteiger partial charge >= 0.3 is 0 Å². The molecule has 0 bridgehead atoms. The molecule has 2 aromatic rings. The number of halogens is 1. The van der Waals surface area contributed by atoms with E-state index in [1.54, 1.807) is 22.9 Å². The van der Waals surface area contributed by atoms with Crippen LogP contribution in [-0.2, 0) is 29.0 Å². The molecule has 1 aromatic carbocycles. The molecule has 2 fully saturated rings. The summed E-state index contributed by atoms with van der Waals surface area (Å²) in [4.78, 5) is 39.7. The summed E-state index contributed by atoms with van der Waals surface area (Å²) in [6.45, 7) is 6.89.